The van der Waals surface area contributed by atoms with Crippen LogP contribution in [-0.4, -0.2) is 58.6 Å². The normalized spacial score (nSPS) is 10.6. The van der Waals surface area contributed by atoms with Crippen LogP contribution in [0.5, 0.6) is 5.75 Å². The fraction of sp³-hybridized carbons (Fsp3) is 0.533. The van der Waals surface area contributed by atoms with Crippen molar-refractivity contribution in [1.82, 2.24) is 0 Å². The molecule has 0 aromatic heterocycles. The molecule has 7 heteroatoms. The lowest BCUT2D eigenvalue weighted by atomic mass is 10.2. The van der Waals surface area contributed by atoms with Gasteiger partial charge in [0, 0.05) is 12.1 Å². The topological polar surface area (TPSA) is 113 Å². The van der Waals surface area contributed by atoms with Gasteiger partial charge in [-0.25, -0.2) is 0 Å². The van der Waals surface area contributed by atoms with Gasteiger partial charge in [-0.05, 0) is 24.3 Å². The lowest BCUT2D eigenvalue weighted by molar-refractivity contribution is 0.0106. The van der Waals surface area contributed by atoms with Gasteiger partial charge in [-0.1, -0.05) is 0 Å². The van der Waals surface area contributed by atoms with Crippen LogP contribution in [0, 0.1) is 5.41 Å². The van der Waals surface area contributed by atoms with Gasteiger partial charge >= 0.3 is 0 Å². The van der Waals surface area contributed by atoms with Crippen LogP contribution in [0.2, 0.25) is 0 Å². The van der Waals surface area contributed by atoms with Crippen molar-refractivity contribution in [2.75, 3.05) is 52.8 Å². The zero-order valence-corrected chi connectivity index (χ0v) is 12.8. The van der Waals surface area contributed by atoms with Crippen LogP contribution in [0.15, 0.2) is 24.3 Å². The molecule has 0 radical (unpaired) electrons. The number of nitrogens with one attached hydrogen (secondary N) is 1. The van der Waals surface area contributed by atoms with E-state index in [4.69, 9.17) is 35.8 Å². The molecule has 0 heterocycles. The molecular weight excluding hydrogens is 286 g/mol. The smallest absolute Gasteiger partial charge is 0.122 e. The van der Waals surface area contributed by atoms with E-state index in [0.717, 1.165) is 5.75 Å². The van der Waals surface area contributed by atoms with E-state index in [2.05, 4.69) is 0 Å². The lowest BCUT2D eigenvalue weighted by Crippen LogP contribution is -2.14. The van der Waals surface area contributed by atoms with E-state index in [1.54, 1.807) is 24.3 Å². The Morgan fingerprint density at radius 3 is 1.82 bits per heavy atom. The highest BCUT2D eigenvalue weighted by Crippen LogP contribution is 2.11. The van der Waals surface area contributed by atoms with Crippen molar-refractivity contribution in [2.24, 2.45) is 11.5 Å². The van der Waals surface area contributed by atoms with Crippen molar-refractivity contribution in [3.05, 3.63) is 29.8 Å². The Morgan fingerprint density at radius 2 is 1.32 bits per heavy atom. The monoisotopic (exact) mass is 311 g/mol. The van der Waals surface area contributed by atoms with Gasteiger partial charge in [0.2, 0.25) is 0 Å². The predicted molar refractivity (Wildman–Crippen MR) is 84.5 cm³/mol. The Balaban J connectivity index is 1.94. The Hall–Kier alpha value is -1.67. The lowest BCUT2D eigenvalue weighted by Gasteiger charge is -2.08. The number of amidine groups is 1. The molecule has 1 rings (SSSR count). The second kappa shape index (κ2) is 11.9. The summed E-state index contributed by atoms with van der Waals surface area (Å²) in [5.74, 6) is 0.769. The van der Waals surface area contributed by atoms with Crippen LogP contribution in [-0.2, 0) is 14.2 Å². The van der Waals surface area contributed by atoms with Gasteiger partial charge in [0.05, 0.1) is 39.6 Å². The molecule has 1 aromatic carbocycles. The SMILES string of the molecule is N=C(N)c1ccc(OCCOCCOCCOCCN)cc1. The molecule has 0 aliphatic rings. The number of nitrogens with two attached hydrogens (primary N) is 2. The number of ether oxygens (including phenoxy) is 4. The average Bonchev–Trinajstić information content (AvgIpc) is 2.53. The van der Waals surface area contributed by atoms with E-state index < -0.39 is 0 Å². The van der Waals surface area contributed by atoms with Gasteiger partial charge in [-0.3, -0.25) is 5.41 Å². The maximum Gasteiger partial charge on any atom is 0.122 e. The van der Waals surface area contributed by atoms with Crippen molar-refractivity contribution >= 4 is 5.84 Å². The van der Waals surface area contributed by atoms with E-state index >= 15 is 0 Å². The first-order valence-corrected chi connectivity index (χ1v) is 7.24. The molecule has 0 spiro atoms. The Morgan fingerprint density at radius 1 is 0.818 bits per heavy atom. The van der Waals surface area contributed by atoms with Crippen LogP contribution in [0.3, 0.4) is 0 Å². The number of rotatable bonds is 13. The number of nitrogen functional groups attached to an aromatic ring is 1. The summed E-state index contributed by atoms with van der Waals surface area (Å²) in [6, 6.07) is 7.06. The summed E-state index contributed by atoms with van der Waals surface area (Å²) in [6.07, 6.45) is 0. The minimum absolute atomic E-state index is 0.0447. The minimum atomic E-state index is 0.0447. The van der Waals surface area contributed by atoms with Crippen LogP contribution >= 0.6 is 0 Å². The van der Waals surface area contributed by atoms with E-state index in [9.17, 15) is 0 Å². The van der Waals surface area contributed by atoms with E-state index in [1.165, 1.54) is 0 Å². The summed E-state index contributed by atoms with van der Waals surface area (Å²) in [6.45, 7) is 4.17. The molecule has 0 aliphatic heterocycles. The van der Waals surface area contributed by atoms with Gasteiger partial charge in [-0.2, -0.15) is 0 Å². The molecule has 1 aromatic rings. The highest BCUT2D eigenvalue weighted by Gasteiger charge is 1.98. The first-order valence-electron chi connectivity index (χ1n) is 7.24. The van der Waals surface area contributed by atoms with E-state index in [1.807, 2.05) is 0 Å². The molecule has 0 unspecified atom stereocenters. The van der Waals surface area contributed by atoms with Crippen LogP contribution in [0.1, 0.15) is 5.56 Å². The number of benzene rings is 1. The summed E-state index contributed by atoms with van der Waals surface area (Å²) >= 11 is 0. The first kappa shape index (κ1) is 18.4. The third-order valence-corrected chi connectivity index (χ3v) is 2.67. The zero-order valence-electron chi connectivity index (χ0n) is 12.8. The molecule has 7 nitrogen and oxygen atoms in total. The van der Waals surface area contributed by atoms with Crippen molar-refractivity contribution < 1.29 is 18.9 Å². The van der Waals surface area contributed by atoms with Crippen molar-refractivity contribution in [3.63, 3.8) is 0 Å². The van der Waals surface area contributed by atoms with Gasteiger partial charge in [0.15, 0.2) is 0 Å². The molecule has 0 amide bonds. The molecule has 124 valence electrons. The highest BCUT2D eigenvalue weighted by molar-refractivity contribution is 5.94. The molecule has 22 heavy (non-hydrogen) atoms. The third kappa shape index (κ3) is 8.58. The largest absolute Gasteiger partial charge is 0.491 e. The summed E-state index contributed by atoms with van der Waals surface area (Å²) in [7, 11) is 0. The van der Waals surface area contributed by atoms with Crippen molar-refractivity contribution in [2.45, 2.75) is 0 Å². The highest BCUT2D eigenvalue weighted by atomic mass is 16.6. The number of hydrogen-bond donors (Lipinski definition) is 3. The van der Waals surface area contributed by atoms with Crippen molar-refractivity contribution in [1.29, 1.82) is 5.41 Å². The van der Waals surface area contributed by atoms with Crippen molar-refractivity contribution in [3.8, 4) is 5.75 Å². The summed E-state index contributed by atoms with van der Waals surface area (Å²) in [4.78, 5) is 0. The molecule has 0 aliphatic carbocycles. The maximum absolute atomic E-state index is 7.29. The number of hydrogen-bond acceptors (Lipinski definition) is 6. The quantitative estimate of drug-likeness (QED) is 0.275. The fourth-order valence-electron chi connectivity index (χ4n) is 1.57. The maximum atomic E-state index is 7.29. The van der Waals surface area contributed by atoms with E-state index in [-0.39, 0.29) is 5.84 Å². The van der Waals surface area contributed by atoms with E-state index in [0.29, 0.717) is 58.4 Å². The summed E-state index contributed by atoms with van der Waals surface area (Å²) in [5.41, 5.74) is 11.3. The zero-order chi connectivity index (χ0) is 16.0. The second-order valence-corrected chi connectivity index (χ2v) is 4.41. The van der Waals surface area contributed by atoms with Crippen LogP contribution < -0.4 is 16.2 Å². The third-order valence-electron chi connectivity index (χ3n) is 2.67. The Labute approximate surface area is 131 Å². The molecule has 0 saturated heterocycles. The molecular formula is C15H25N3O4. The van der Waals surface area contributed by atoms with Crippen LogP contribution in [0.25, 0.3) is 0 Å². The Kier molecular flexibility index (Phi) is 9.97. The summed E-state index contributed by atoms with van der Waals surface area (Å²) < 4.78 is 21.4. The standard InChI is InChI=1S/C15H25N3O4/c16-5-6-19-7-8-20-9-10-21-11-12-22-14-3-1-13(2-4-14)15(17)18/h1-4H,5-12,16H2,(H3,17,18). The molecule has 0 bridgehead atoms. The average molecular weight is 311 g/mol. The first-order chi connectivity index (χ1) is 10.7. The van der Waals surface area contributed by atoms with Gasteiger partial charge < -0.3 is 30.4 Å². The molecule has 0 fully saturated rings. The predicted octanol–water partition coefficient (Wildman–Crippen LogP) is 0.358. The molecule has 0 atom stereocenters. The second-order valence-electron chi connectivity index (χ2n) is 4.41. The van der Waals surface area contributed by atoms with Gasteiger partial charge in [0.25, 0.3) is 0 Å². The minimum Gasteiger partial charge on any atom is -0.491 e. The summed E-state index contributed by atoms with van der Waals surface area (Å²) in [5, 5.41) is 7.29. The van der Waals surface area contributed by atoms with Gasteiger partial charge in [-0.15, -0.1) is 0 Å². The fourth-order valence-corrected chi connectivity index (χ4v) is 1.57. The van der Waals surface area contributed by atoms with Crippen LogP contribution in [0.4, 0.5) is 0 Å². The van der Waals surface area contributed by atoms with Gasteiger partial charge in [0.1, 0.15) is 18.2 Å². The Bertz CT molecular complexity index is 412. The molecule has 5 N–H and O–H groups in total. The molecule has 0 saturated carbocycles.